The maximum Gasteiger partial charge on any atom is 0.138 e. The molecule has 0 spiro atoms. The minimum atomic E-state index is -0.186. The average Bonchev–Trinajstić information content (AvgIpc) is 2.42. The van der Waals surface area contributed by atoms with Crippen molar-refractivity contribution in [3.63, 3.8) is 0 Å². The molecular weight excluding hydrogens is 272 g/mol. The zero-order chi connectivity index (χ0) is 16.4. The molecule has 2 saturated carbocycles. The third kappa shape index (κ3) is 2.06. The fourth-order valence-corrected chi connectivity index (χ4v) is 6.22. The van der Waals surface area contributed by atoms with Crippen molar-refractivity contribution in [2.75, 3.05) is 0 Å². The quantitative estimate of drug-likeness (QED) is 0.643. The fourth-order valence-electron chi connectivity index (χ4n) is 6.22. The lowest BCUT2D eigenvalue weighted by Crippen LogP contribution is -2.63. The van der Waals surface area contributed by atoms with Crippen molar-refractivity contribution in [3.05, 3.63) is 12.7 Å². The summed E-state index contributed by atoms with van der Waals surface area (Å²) in [6, 6.07) is 0. The van der Waals surface area contributed by atoms with Crippen molar-refractivity contribution in [2.24, 2.45) is 22.7 Å². The van der Waals surface area contributed by atoms with Crippen LogP contribution in [0.1, 0.15) is 73.1 Å². The molecule has 0 aromatic carbocycles. The summed E-state index contributed by atoms with van der Waals surface area (Å²) in [5, 5.41) is 0. The Bertz CT molecular complexity index is 508. The summed E-state index contributed by atoms with van der Waals surface area (Å²) in [6.45, 7) is 15.3. The third-order valence-corrected chi connectivity index (χ3v) is 7.57. The highest BCUT2D eigenvalue weighted by molar-refractivity contribution is 5.85. The van der Waals surface area contributed by atoms with E-state index in [9.17, 15) is 4.79 Å². The third-order valence-electron chi connectivity index (χ3n) is 7.57. The van der Waals surface area contributed by atoms with E-state index in [-0.39, 0.29) is 22.0 Å². The van der Waals surface area contributed by atoms with Gasteiger partial charge in [-0.05, 0) is 63.2 Å². The van der Waals surface area contributed by atoms with Crippen LogP contribution in [0, 0.1) is 22.7 Å². The number of ether oxygens (including phenoxy) is 1. The van der Waals surface area contributed by atoms with Gasteiger partial charge in [0.1, 0.15) is 5.78 Å². The van der Waals surface area contributed by atoms with Crippen LogP contribution in [0.3, 0.4) is 0 Å². The van der Waals surface area contributed by atoms with E-state index in [0.29, 0.717) is 17.6 Å². The summed E-state index contributed by atoms with van der Waals surface area (Å²) < 4.78 is 6.62. The van der Waals surface area contributed by atoms with Crippen molar-refractivity contribution < 1.29 is 9.53 Å². The molecule has 0 amide bonds. The zero-order valence-electron chi connectivity index (χ0n) is 15.0. The predicted octanol–water partition coefficient (Wildman–Crippen LogP) is 4.92. The van der Waals surface area contributed by atoms with Crippen LogP contribution in [-0.4, -0.2) is 17.0 Å². The molecule has 2 heteroatoms. The molecule has 2 aliphatic carbocycles. The van der Waals surface area contributed by atoms with Crippen LogP contribution < -0.4 is 0 Å². The standard InChI is InChI=1S/C20H32O2/c1-7-18(4)11-8-15-19(5)12-10-16(21)17(2,3)14(19)9-13-20(15,6)22-18/h7,14-15H,1,8-13H2,2-6H3/t14-,15+,18+,19-,20-/m0/s1. The molecule has 5 atom stereocenters. The van der Waals surface area contributed by atoms with Crippen LogP contribution in [0.5, 0.6) is 0 Å². The van der Waals surface area contributed by atoms with E-state index in [2.05, 4.69) is 41.2 Å². The number of fused-ring (bicyclic) bond motifs is 3. The fraction of sp³-hybridized carbons (Fsp3) is 0.850. The Balaban J connectivity index is 1.97. The Labute approximate surface area is 135 Å². The van der Waals surface area contributed by atoms with Crippen molar-refractivity contribution >= 4 is 5.78 Å². The Morgan fingerprint density at radius 1 is 1.05 bits per heavy atom. The molecule has 0 aromatic rings. The SMILES string of the molecule is C=C[C@]1(C)CC[C@@H]2[C@@]3(C)CCC(=O)C(C)(C)[C@@H]3CC[C@]2(C)O1. The second kappa shape index (κ2) is 4.69. The molecule has 22 heavy (non-hydrogen) atoms. The number of rotatable bonds is 1. The number of carbonyl (C=O) groups excluding carboxylic acids is 1. The average molecular weight is 304 g/mol. The highest BCUT2D eigenvalue weighted by Crippen LogP contribution is 2.64. The first-order valence-corrected chi connectivity index (χ1v) is 8.94. The first-order chi connectivity index (χ1) is 10.1. The zero-order valence-corrected chi connectivity index (χ0v) is 15.0. The van der Waals surface area contributed by atoms with Crippen molar-refractivity contribution in [1.29, 1.82) is 0 Å². The summed E-state index contributed by atoms with van der Waals surface area (Å²) in [7, 11) is 0. The van der Waals surface area contributed by atoms with Crippen LogP contribution in [0.2, 0.25) is 0 Å². The Morgan fingerprint density at radius 2 is 1.68 bits per heavy atom. The van der Waals surface area contributed by atoms with Gasteiger partial charge >= 0.3 is 0 Å². The smallest absolute Gasteiger partial charge is 0.138 e. The second-order valence-electron chi connectivity index (χ2n) is 9.26. The topological polar surface area (TPSA) is 26.3 Å². The van der Waals surface area contributed by atoms with Gasteiger partial charge in [0, 0.05) is 11.8 Å². The molecule has 124 valence electrons. The number of hydrogen-bond donors (Lipinski definition) is 0. The van der Waals surface area contributed by atoms with Gasteiger partial charge in [-0.25, -0.2) is 0 Å². The molecule has 3 fully saturated rings. The number of carbonyl (C=O) groups is 1. The van der Waals surface area contributed by atoms with Gasteiger partial charge in [-0.15, -0.1) is 6.58 Å². The van der Waals surface area contributed by atoms with Crippen LogP contribution in [0.15, 0.2) is 12.7 Å². The predicted molar refractivity (Wildman–Crippen MR) is 89.7 cm³/mol. The summed E-state index contributed by atoms with van der Waals surface area (Å²) in [6.07, 6.45) is 8.17. The summed E-state index contributed by atoms with van der Waals surface area (Å²) >= 11 is 0. The van der Waals surface area contributed by atoms with Gasteiger partial charge in [0.2, 0.25) is 0 Å². The lowest BCUT2D eigenvalue weighted by atomic mass is 9.44. The molecule has 1 heterocycles. The molecule has 0 N–H and O–H groups in total. The molecule has 0 bridgehead atoms. The van der Waals surface area contributed by atoms with Crippen molar-refractivity contribution in [3.8, 4) is 0 Å². The van der Waals surface area contributed by atoms with Gasteiger partial charge in [-0.1, -0.05) is 26.8 Å². The van der Waals surface area contributed by atoms with Crippen LogP contribution in [0.4, 0.5) is 0 Å². The Kier molecular flexibility index (Phi) is 3.46. The number of ketones is 1. The highest BCUT2D eigenvalue weighted by atomic mass is 16.5. The number of Topliss-reactive ketones (excluding diaryl/α,β-unsaturated/α-hetero) is 1. The van der Waals surface area contributed by atoms with E-state index in [4.69, 9.17) is 4.74 Å². The maximum absolute atomic E-state index is 12.5. The van der Waals surface area contributed by atoms with E-state index in [1.54, 1.807) is 0 Å². The summed E-state index contributed by atoms with van der Waals surface area (Å²) in [5.41, 5.74) is -0.197. The van der Waals surface area contributed by atoms with Crippen molar-refractivity contribution in [2.45, 2.75) is 84.3 Å². The van der Waals surface area contributed by atoms with E-state index >= 15 is 0 Å². The highest BCUT2D eigenvalue weighted by Gasteiger charge is 2.62. The summed E-state index contributed by atoms with van der Waals surface area (Å²) in [4.78, 5) is 12.5. The Morgan fingerprint density at radius 3 is 2.32 bits per heavy atom. The van der Waals surface area contributed by atoms with Gasteiger partial charge < -0.3 is 4.74 Å². The molecule has 0 radical (unpaired) electrons. The second-order valence-corrected chi connectivity index (χ2v) is 9.26. The molecule has 3 rings (SSSR count). The van der Waals surface area contributed by atoms with E-state index in [1.165, 1.54) is 6.42 Å². The van der Waals surface area contributed by atoms with Crippen LogP contribution in [0.25, 0.3) is 0 Å². The molecule has 0 unspecified atom stereocenters. The van der Waals surface area contributed by atoms with E-state index in [1.807, 2.05) is 6.08 Å². The van der Waals surface area contributed by atoms with Gasteiger partial charge in [0.15, 0.2) is 0 Å². The minimum Gasteiger partial charge on any atom is -0.365 e. The largest absolute Gasteiger partial charge is 0.365 e. The maximum atomic E-state index is 12.5. The molecular formula is C20H32O2. The molecule has 3 aliphatic rings. The molecule has 1 saturated heterocycles. The minimum absolute atomic E-state index is 0.0666. The van der Waals surface area contributed by atoms with E-state index in [0.717, 1.165) is 32.1 Å². The Hall–Kier alpha value is -0.630. The normalized spacial score (nSPS) is 50.9. The van der Waals surface area contributed by atoms with Crippen LogP contribution >= 0.6 is 0 Å². The number of hydrogen-bond acceptors (Lipinski definition) is 2. The first-order valence-electron chi connectivity index (χ1n) is 8.94. The first kappa shape index (κ1) is 16.2. The van der Waals surface area contributed by atoms with Gasteiger partial charge in [-0.3, -0.25) is 4.79 Å². The lowest BCUT2D eigenvalue weighted by Gasteiger charge is -2.64. The molecule has 1 aliphatic heterocycles. The lowest BCUT2D eigenvalue weighted by molar-refractivity contribution is -0.250. The monoisotopic (exact) mass is 304 g/mol. The molecule has 2 nitrogen and oxygen atoms in total. The van der Waals surface area contributed by atoms with Crippen LogP contribution in [-0.2, 0) is 9.53 Å². The van der Waals surface area contributed by atoms with Gasteiger partial charge in [0.05, 0.1) is 11.2 Å². The van der Waals surface area contributed by atoms with Gasteiger partial charge in [0.25, 0.3) is 0 Å². The summed E-state index contributed by atoms with van der Waals surface area (Å²) in [5.74, 6) is 1.52. The van der Waals surface area contributed by atoms with Crippen molar-refractivity contribution in [1.82, 2.24) is 0 Å². The van der Waals surface area contributed by atoms with Gasteiger partial charge in [-0.2, -0.15) is 0 Å². The molecule has 0 aromatic heterocycles. The van der Waals surface area contributed by atoms with E-state index < -0.39 is 0 Å².